The Labute approximate surface area is 134 Å². The Morgan fingerprint density at radius 2 is 2.00 bits per heavy atom. The molecule has 2 N–H and O–H groups in total. The molecule has 2 aromatic carbocycles. The molecule has 3 rings (SSSR count). The summed E-state index contributed by atoms with van der Waals surface area (Å²) < 4.78 is 19.3. The maximum absolute atomic E-state index is 13.6. The summed E-state index contributed by atoms with van der Waals surface area (Å²) in [6.45, 7) is 0. The summed E-state index contributed by atoms with van der Waals surface area (Å²) in [5.74, 6) is -0.140. The molecular formula is C18H16FN3O. The van der Waals surface area contributed by atoms with Crippen LogP contribution in [-0.2, 0) is 0 Å². The van der Waals surface area contributed by atoms with Crippen molar-refractivity contribution in [1.82, 2.24) is 0 Å². The van der Waals surface area contributed by atoms with Gasteiger partial charge >= 0.3 is 0 Å². The fourth-order valence-corrected chi connectivity index (χ4v) is 2.75. The number of hydrogen-bond acceptors (Lipinski definition) is 4. The Morgan fingerprint density at radius 3 is 2.65 bits per heavy atom. The lowest BCUT2D eigenvalue weighted by atomic mass is 9.83. The first-order valence-corrected chi connectivity index (χ1v) is 7.15. The molecule has 1 aliphatic heterocycles. The van der Waals surface area contributed by atoms with Crippen LogP contribution >= 0.6 is 0 Å². The second-order valence-corrected chi connectivity index (χ2v) is 5.60. The van der Waals surface area contributed by atoms with Gasteiger partial charge in [-0.3, -0.25) is 0 Å². The predicted molar refractivity (Wildman–Crippen MR) is 86.5 cm³/mol. The van der Waals surface area contributed by atoms with Crippen LogP contribution in [0.15, 0.2) is 53.9 Å². The van der Waals surface area contributed by atoms with E-state index in [-0.39, 0.29) is 11.7 Å². The SMILES string of the molecule is CN(C)c1ccc2c(c1)OC(N)=C(C#N)[C@H]2c1cccc(F)c1. The van der Waals surface area contributed by atoms with Gasteiger partial charge in [-0.25, -0.2) is 4.39 Å². The van der Waals surface area contributed by atoms with Gasteiger partial charge in [0.15, 0.2) is 0 Å². The van der Waals surface area contributed by atoms with Crippen molar-refractivity contribution >= 4 is 5.69 Å². The molecule has 5 heteroatoms. The smallest absolute Gasteiger partial charge is 0.205 e. The summed E-state index contributed by atoms with van der Waals surface area (Å²) in [7, 11) is 3.85. The van der Waals surface area contributed by atoms with Crippen molar-refractivity contribution in [2.45, 2.75) is 5.92 Å². The van der Waals surface area contributed by atoms with Gasteiger partial charge in [0, 0.05) is 31.4 Å². The largest absolute Gasteiger partial charge is 0.440 e. The maximum Gasteiger partial charge on any atom is 0.205 e. The standard InChI is InChI=1S/C18H16FN3O/c1-22(2)13-6-7-14-16(9-13)23-18(21)15(10-20)17(14)11-4-3-5-12(19)8-11/h3-9,17H,21H2,1-2H3/t17-/m0/s1. The third kappa shape index (κ3) is 2.59. The molecule has 0 amide bonds. The van der Waals surface area contributed by atoms with Gasteiger partial charge in [0.1, 0.15) is 23.2 Å². The summed E-state index contributed by atoms with van der Waals surface area (Å²) in [6, 6.07) is 14.0. The Morgan fingerprint density at radius 1 is 1.22 bits per heavy atom. The first kappa shape index (κ1) is 14.9. The maximum atomic E-state index is 13.6. The third-order valence-corrected chi connectivity index (χ3v) is 3.90. The first-order chi connectivity index (χ1) is 11.0. The highest BCUT2D eigenvalue weighted by Crippen LogP contribution is 2.43. The van der Waals surface area contributed by atoms with Gasteiger partial charge in [-0.15, -0.1) is 0 Å². The number of nitrogens with zero attached hydrogens (tertiary/aromatic N) is 2. The molecule has 116 valence electrons. The van der Waals surface area contributed by atoms with E-state index < -0.39 is 5.92 Å². The molecule has 1 heterocycles. The van der Waals surface area contributed by atoms with E-state index in [0.717, 1.165) is 11.3 Å². The minimum absolute atomic E-state index is 0.0603. The van der Waals surface area contributed by atoms with Crippen molar-refractivity contribution in [2.24, 2.45) is 5.73 Å². The van der Waals surface area contributed by atoms with Gasteiger partial charge in [-0.05, 0) is 23.8 Å². The van der Waals surface area contributed by atoms with E-state index in [1.807, 2.05) is 37.2 Å². The number of ether oxygens (including phenoxy) is 1. The molecule has 2 aromatic rings. The van der Waals surface area contributed by atoms with E-state index in [2.05, 4.69) is 6.07 Å². The van der Waals surface area contributed by atoms with Crippen molar-refractivity contribution in [3.05, 3.63) is 70.9 Å². The fourth-order valence-electron chi connectivity index (χ4n) is 2.75. The van der Waals surface area contributed by atoms with Gasteiger partial charge in [0.05, 0.1) is 5.92 Å². The molecule has 1 atom stereocenters. The van der Waals surface area contributed by atoms with Crippen LogP contribution in [0.2, 0.25) is 0 Å². The topological polar surface area (TPSA) is 62.3 Å². The number of anilines is 1. The summed E-state index contributed by atoms with van der Waals surface area (Å²) in [5, 5.41) is 9.46. The molecule has 4 nitrogen and oxygen atoms in total. The van der Waals surface area contributed by atoms with E-state index in [0.29, 0.717) is 16.9 Å². The summed E-state index contributed by atoms with van der Waals surface area (Å²) in [4.78, 5) is 1.94. The summed E-state index contributed by atoms with van der Waals surface area (Å²) in [5.41, 5.74) is 8.64. The van der Waals surface area contributed by atoms with Gasteiger partial charge in [-0.1, -0.05) is 18.2 Å². The van der Waals surface area contributed by atoms with Crippen molar-refractivity contribution in [1.29, 1.82) is 5.26 Å². The fraction of sp³-hybridized carbons (Fsp3) is 0.167. The van der Waals surface area contributed by atoms with E-state index in [1.165, 1.54) is 12.1 Å². The van der Waals surface area contributed by atoms with Gasteiger partial charge < -0.3 is 15.4 Å². The number of fused-ring (bicyclic) bond motifs is 1. The second-order valence-electron chi connectivity index (χ2n) is 5.60. The average Bonchev–Trinajstić information content (AvgIpc) is 2.52. The van der Waals surface area contributed by atoms with E-state index in [9.17, 15) is 9.65 Å². The normalized spacial score (nSPS) is 16.3. The van der Waals surface area contributed by atoms with Crippen LogP contribution in [0.25, 0.3) is 0 Å². The number of nitrogens with two attached hydrogens (primary N) is 1. The van der Waals surface area contributed by atoms with E-state index >= 15 is 0 Å². The monoisotopic (exact) mass is 309 g/mol. The molecule has 0 unspecified atom stereocenters. The highest BCUT2D eigenvalue weighted by Gasteiger charge is 2.31. The van der Waals surface area contributed by atoms with Gasteiger partial charge in [-0.2, -0.15) is 5.26 Å². The lowest BCUT2D eigenvalue weighted by Crippen LogP contribution is -2.21. The first-order valence-electron chi connectivity index (χ1n) is 7.15. The lowest BCUT2D eigenvalue weighted by Gasteiger charge is -2.27. The Bertz CT molecular complexity index is 836. The quantitative estimate of drug-likeness (QED) is 0.926. The molecule has 23 heavy (non-hydrogen) atoms. The zero-order chi connectivity index (χ0) is 16.6. The average molecular weight is 309 g/mol. The van der Waals surface area contributed by atoms with Crippen LogP contribution in [-0.4, -0.2) is 14.1 Å². The molecule has 0 aromatic heterocycles. The highest BCUT2D eigenvalue weighted by molar-refractivity contribution is 5.61. The van der Waals surface area contributed by atoms with Crippen molar-refractivity contribution < 1.29 is 9.13 Å². The molecule has 0 spiro atoms. The number of nitriles is 1. The Balaban J connectivity index is 2.20. The predicted octanol–water partition coefficient (Wildman–Crippen LogP) is 3.11. The van der Waals surface area contributed by atoms with Gasteiger partial charge in [0.25, 0.3) is 0 Å². The molecule has 0 fully saturated rings. The van der Waals surface area contributed by atoms with E-state index in [4.69, 9.17) is 10.5 Å². The number of rotatable bonds is 2. The van der Waals surface area contributed by atoms with Crippen LogP contribution in [0.1, 0.15) is 17.0 Å². The lowest BCUT2D eigenvalue weighted by molar-refractivity contribution is 0.393. The third-order valence-electron chi connectivity index (χ3n) is 3.90. The van der Waals surface area contributed by atoms with Crippen molar-refractivity contribution in [3.8, 4) is 11.8 Å². The van der Waals surface area contributed by atoms with Crippen molar-refractivity contribution in [3.63, 3.8) is 0 Å². The Hall–Kier alpha value is -3.00. The minimum Gasteiger partial charge on any atom is -0.440 e. The molecule has 0 bridgehead atoms. The number of allylic oxidation sites excluding steroid dienone is 1. The van der Waals surface area contributed by atoms with Crippen LogP contribution in [0.3, 0.4) is 0 Å². The van der Waals surface area contributed by atoms with Gasteiger partial charge in [0.2, 0.25) is 5.88 Å². The zero-order valence-electron chi connectivity index (χ0n) is 12.9. The molecule has 0 saturated carbocycles. The summed E-state index contributed by atoms with van der Waals surface area (Å²) >= 11 is 0. The van der Waals surface area contributed by atoms with Crippen LogP contribution in [0, 0.1) is 17.1 Å². The number of halogens is 1. The molecule has 0 radical (unpaired) electrons. The Kier molecular flexibility index (Phi) is 3.67. The highest BCUT2D eigenvalue weighted by atomic mass is 19.1. The van der Waals surface area contributed by atoms with Crippen LogP contribution in [0.5, 0.6) is 5.75 Å². The molecule has 1 aliphatic rings. The zero-order valence-corrected chi connectivity index (χ0v) is 12.9. The summed E-state index contributed by atoms with van der Waals surface area (Å²) in [6.07, 6.45) is 0. The number of benzene rings is 2. The number of hydrogen-bond donors (Lipinski definition) is 1. The molecule has 0 saturated heterocycles. The molecular weight excluding hydrogens is 293 g/mol. The minimum atomic E-state index is -0.435. The van der Waals surface area contributed by atoms with Crippen LogP contribution < -0.4 is 15.4 Å². The van der Waals surface area contributed by atoms with Crippen molar-refractivity contribution in [2.75, 3.05) is 19.0 Å². The second kappa shape index (κ2) is 5.65. The van der Waals surface area contributed by atoms with Crippen LogP contribution in [0.4, 0.5) is 10.1 Å². The van der Waals surface area contributed by atoms with E-state index in [1.54, 1.807) is 12.1 Å². The molecule has 0 aliphatic carbocycles.